The molecule has 1 aliphatic carbocycles. The van der Waals surface area contributed by atoms with Crippen molar-refractivity contribution in [3.05, 3.63) is 23.9 Å². The van der Waals surface area contributed by atoms with E-state index in [9.17, 15) is 13.6 Å². The van der Waals surface area contributed by atoms with Gasteiger partial charge in [-0.05, 0) is 12.8 Å². The van der Waals surface area contributed by atoms with E-state index in [0.717, 1.165) is 12.8 Å². The van der Waals surface area contributed by atoms with Crippen LogP contribution in [0.2, 0.25) is 0 Å². The lowest BCUT2D eigenvalue weighted by Crippen LogP contribution is -2.32. The van der Waals surface area contributed by atoms with Crippen LogP contribution in [-0.4, -0.2) is 31.1 Å². The molecule has 0 saturated heterocycles. The van der Waals surface area contributed by atoms with Crippen molar-refractivity contribution in [3.63, 3.8) is 0 Å². The Bertz CT molecular complexity index is 349. The third kappa shape index (κ3) is 3.97. The van der Waals surface area contributed by atoms with Crippen molar-refractivity contribution < 1.29 is 13.6 Å². The molecule has 1 rings (SSSR count). The molecule has 0 atom stereocenters. The molecule has 94 valence electrons. The van der Waals surface area contributed by atoms with Crippen LogP contribution in [0.3, 0.4) is 0 Å². The normalized spacial score (nSPS) is 16.2. The van der Waals surface area contributed by atoms with Gasteiger partial charge in [-0.1, -0.05) is 6.08 Å². The maximum Gasteiger partial charge on any atom is 0.278 e. The average Bonchev–Trinajstić information content (AvgIpc) is 3.07. The van der Waals surface area contributed by atoms with E-state index in [1.165, 1.54) is 6.08 Å². The summed E-state index contributed by atoms with van der Waals surface area (Å²) in [6.45, 7) is 3.51. The van der Waals surface area contributed by atoms with Gasteiger partial charge in [0.25, 0.3) is 12.3 Å². The number of allylic oxidation sites excluding steroid dienone is 1. The molecule has 0 radical (unpaired) electrons. The fourth-order valence-electron chi connectivity index (χ4n) is 1.23. The number of hydrogen-bond acceptors (Lipinski definition) is 3. The topological polar surface area (TPSA) is 65.0 Å². The summed E-state index contributed by atoms with van der Waals surface area (Å²) in [4.78, 5) is 11.6. The van der Waals surface area contributed by atoms with Gasteiger partial charge in [0.1, 0.15) is 0 Å². The molecule has 1 aliphatic rings. The Morgan fingerprint density at radius 1 is 1.53 bits per heavy atom. The van der Waals surface area contributed by atoms with E-state index in [-0.39, 0.29) is 18.2 Å². The molecular weight excluding hydrogens is 228 g/mol. The van der Waals surface area contributed by atoms with Crippen LogP contribution >= 0.6 is 0 Å². The summed E-state index contributed by atoms with van der Waals surface area (Å²) in [6.07, 6.45) is 0.955. The Labute approximate surface area is 98.3 Å². The number of nitrogens with one attached hydrogen (secondary N) is 3. The van der Waals surface area contributed by atoms with Crippen molar-refractivity contribution in [1.29, 1.82) is 5.41 Å². The van der Waals surface area contributed by atoms with Crippen molar-refractivity contribution in [3.8, 4) is 0 Å². The molecule has 1 saturated carbocycles. The second-order valence-electron chi connectivity index (χ2n) is 3.69. The zero-order valence-corrected chi connectivity index (χ0v) is 9.30. The predicted molar refractivity (Wildman–Crippen MR) is 61.2 cm³/mol. The molecule has 4 nitrogen and oxygen atoms in total. The Hall–Kier alpha value is -1.72. The zero-order chi connectivity index (χ0) is 12.8. The number of alkyl halides is 2. The highest BCUT2D eigenvalue weighted by atomic mass is 19.3. The SMILES string of the molecule is C=CCN/C(=C(\C=N)C(=O)NC1CC1)C(F)F. The molecule has 1 fully saturated rings. The van der Waals surface area contributed by atoms with Crippen LogP contribution in [0, 0.1) is 5.41 Å². The lowest BCUT2D eigenvalue weighted by Gasteiger charge is -2.12. The van der Waals surface area contributed by atoms with Crippen LogP contribution in [0.4, 0.5) is 8.78 Å². The number of rotatable bonds is 7. The van der Waals surface area contributed by atoms with Crippen LogP contribution in [0.1, 0.15) is 12.8 Å². The van der Waals surface area contributed by atoms with Crippen molar-refractivity contribution in [2.24, 2.45) is 0 Å². The fraction of sp³-hybridized carbons (Fsp3) is 0.455. The number of halogens is 2. The van der Waals surface area contributed by atoms with Gasteiger partial charge in [-0.15, -0.1) is 6.58 Å². The quantitative estimate of drug-likeness (QED) is 0.357. The first kappa shape index (κ1) is 13.3. The van der Waals surface area contributed by atoms with Crippen molar-refractivity contribution in [1.82, 2.24) is 10.6 Å². The van der Waals surface area contributed by atoms with E-state index < -0.39 is 18.0 Å². The minimum atomic E-state index is -2.82. The second kappa shape index (κ2) is 6.12. The van der Waals surface area contributed by atoms with Crippen LogP contribution in [0.5, 0.6) is 0 Å². The van der Waals surface area contributed by atoms with Crippen LogP contribution in [0.15, 0.2) is 23.9 Å². The third-order valence-corrected chi connectivity index (χ3v) is 2.25. The number of carbonyl (C=O) groups is 1. The minimum absolute atomic E-state index is 0.0655. The van der Waals surface area contributed by atoms with Crippen LogP contribution in [0.25, 0.3) is 0 Å². The van der Waals surface area contributed by atoms with Crippen molar-refractivity contribution in [2.75, 3.05) is 6.54 Å². The summed E-state index contributed by atoms with van der Waals surface area (Å²) in [5.41, 5.74) is -0.855. The van der Waals surface area contributed by atoms with E-state index in [4.69, 9.17) is 5.41 Å². The zero-order valence-electron chi connectivity index (χ0n) is 9.30. The van der Waals surface area contributed by atoms with E-state index in [2.05, 4.69) is 17.2 Å². The largest absolute Gasteiger partial charge is 0.380 e. The summed E-state index contributed by atoms with van der Waals surface area (Å²) in [5, 5.41) is 12.0. The number of carbonyl (C=O) groups excluding carboxylic acids is 1. The van der Waals surface area contributed by atoms with E-state index >= 15 is 0 Å². The highest BCUT2D eigenvalue weighted by Gasteiger charge is 2.27. The molecular formula is C11H15F2N3O. The Morgan fingerprint density at radius 3 is 2.59 bits per heavy atom. The van der Waals surface area contributed by atoms with Gasteiger partial charge in [-0.2, -0.15) is 0 Å². The molecule has 6 heteroatoms. The second-order valence-corrected chi connectivity index (χ2v) is 3.69. The standard InChI is InChI=1S/C11H15F2N3O/c1-2-5-15-9(10(12)13)8(6-14)11(17)16-7-3-4-7/h2,6-7,10,14-15H,1,3-5H2,(H,16,17)/b9-8+,14-6?. The molecule has 0 bridgehead atoms. The Morgan fingerprint density at radius 2 is 2.18 bits per heavy atom. The van der Waals surface area contributed by atoms with Crippen LogP contribution in [-0.2, 0) is 4.79 Å². The van der Waals surface area contributed by atoms with Gasteiger partial charge in [-0.3, -0.25) is 4.79 Å². The third-order valence-electron chi connectivity index (χ3n) is 2.25. The highest BCUT2D eigenvalue weighted by molar-refractivity contribution is 6.12. The molecule has 3 N–H and O–H groups in total. The predicted octanol–water partition coefficient (Wildman–Crippen LogP) is 1.21. The summed E-state index contributed by atoms with van der Waals surface area (Å²) in [6, 6.07) is 0.0655. The average molecular weight is 243 g/mol. The molecule has 17 heavy (non-hydrogen) atoms. The summed E-state index contributed by atoms with van der Waals surface area (Å²) in [7, 11) is 0. The van der Waals surface area contributed by atoms with E-state index in [1.54, 1.807) is 0 Å². The fourth-order valence-corrected chi connectivity index (χ4v) is 1.23. The van der Waals surface area contributed by atoms with E-state index in [1.807, 2.05) is 0 Å². The summed E-state index contributed by atoms with van der Waals surface area (Å²) >= 11 is 0. The first-order valence-corrected chi connectivity index (χ1v) is 5.28. The number of amides is 1. The minimum Gasteiger partial charge on any atom is -0.380 e. The smallest absolute Gasteiger partial charge is 0.278 e. The van der Waals surface area contributed by atoms with Crippen LogP contribution < -0.4 is 10.6 Å². The van der Waals surface area contributed by atoms with Crippen molar-refractivity contribution in [2.45, 2.75) is 25.3 Å². The Kier molecular flexibility index (Phi) is 4.81. The summed E-state index contributed by atoms with van der Waals surface area (Å²) in [5.74, 6) is -0.630. The van der Waals surface area contributed by atoms with Crippen molar-refractivity contribution >= 4 is 12.1 Å². The van der Waals surface area contributed by atoms with Gasteiger partial charge in [0.15, 0.2) is 0 Å². The number of hydrogen-bond donors (Lipinski definition) is 3. The highest BCUT2D eigenvalue weighted by Crippen LogP contribution is 2.20. The van der Waals surface area contributed by atoms with Gasteiger partial charge in [0.05, 0.1) is 11.3 Å². The maximum absolute atomic E-state index is 12.7. The van der Waals surface area contributed by atoms with E-state index in [0.29, 0.717) is 6.21 Å². The maximum atomic E-state index is 12.7. The first-order valence-electron chi connectivity index (χ1n) is 5.28. The summed E-state index contributed by atoms with van der Waals surface area (Å²) < 4.78 is 25.5. The Balaban J connectivity index is 2.83. The monoisotopic (exact) mass is 243 g/mol. The lowest BCUT2D eigenvalue weighted by atomic mass is 10.2. The molecule has 0 aromatic heterocycles. The molecule has 0 aromatic rings. The molecule has 0 aromatic carbocycles. The van der Waals surface area contributed by atoms with Gasteiger partial charge < -0.3 is 16.0 Å². The molecule has 0 aliphatic heterocycles. The van der Waals surface area contributed by atoms with Gasteiger partial charge in [0.2, 0.25) is 0 Å². The molecule has 0 unspecified atom stereocenters. The molecule has 1 amide bonds. The van der Waals surface area contributed by atoms with Gasteiger partial charge >= 0.3 is 0 Å². The molecule has 0 heterocycles. The molecule has 0 spiro atoms. The first-order chi connectivity index (χ1) is 8.10. The van der Waals surface area contributed by atoms with Gasteiger partial charge in [0, 0.05) is 18.8 Å². The van der Waals surface area contributed by atoms with Gasteiger partial charge in [-0.25, -0.2) is 8.78 Å². The lowest BCUT2D eigenvalue weighted by molar-refractivity contribution is -0.117.